The lowest BCUT2D eigenvalue weighted by atomic mass is 9.95. The number of nitrogens with zero attached hydrogens (tertiary/aromatic N) is 5. The number of hydrogen-bond donors (Lipinski definition) is 1. The maximum Gasteiger partial charge on any atom is 0.408 e. The second kappa shape index (κ2) is 13.1. The second-order valence-corrected chi connectivity index (χ2v) is 11.3. The predicted octanol–water partition coefficient (Wildman–Crippen LogP) is 2.70. The number of piperidine rings is 1. The van der Waals surface area contributed by atoms with E-state index < -0.39 is 11.7 Å². The van der Waals surface area contributed by atoms with E-state index in [1.54, 1.807) is 32.7 Å². The van der Waals surface area contributed by atoms with Crippen molar-refractivity contribution in [2.45, 2.75) is 45.8 Å². The fourth-order valence-corrected chi connectivity index (χ4v) is 4.81. The third kappa shape index (κ3) is 8.14. The Hall–Kier alpha value is -3.73. The van der Waals surface area contributed by atoms with Gasteiger partial charge in [0.05, 0.1) is 13.2 Å². The first-order chi connectivity index (χ1) is 19.1. The maximum atomic E-state index is 12.8. The standard InChI is InChI=1S/C29H40N6O5/c1-29(2,3)40-28(38)32-19-25(36)33(4)20-21-6-5-7-23(16-21)24-17-30-27(31-18-24)35-10-8-22(9-11-35)26(37)34-12-14-39-15-13-34/h5-7,16-18,22H,8-15,19-20H2,1-4H3,(H,32,38). The van der Waals surface area contributed by atoms with Crippen LogP contribution in [0.5, 0.6) is 0 Å². The molecule has 3 amide bonds. The first-order valence-electron chi connectivity index (χ1n) is 13.8. The molecule has 3 heterocycles. The van der Waals surface area contributed by atoms with Crippen molar-refractivity contribution in [2.24, 2.45) is 5.92 Å². The third-order valence-electron chi connectivity index (χ3n) is 6.98. The van der Waals surface area contributed by atoms with Crippen LogP contribution >= 0.6 is 0 Å². The lowest BCUT2D eigenvalue weighted by molar-refractivity contribution is -0.140. The van der Waals surface area contributed by atoms with Crippen LogP contribution in [0.2, 0.25) is 0 Å². The van der Waals surface area contributed by atoms with Crippen LogP contribution in [-0.2, 0) is 25.6 Å². The Kier molecular flexibility index (Phi) is 9.57. The van der Waals surface area contributed by atoms with E-state index in [0.29, 0.717) is 38.8 Å². The number of hydrogen-bond acceptors (Lipinski definition) is 8. The number of benzene rings is 1. The van der Waals surface area contributed by atoms with Crippen LogP contribution in [0, 0.1) is 5.92 Å². The largest absolute Gasteiger partial charge is 0.444 e. The number of rotatable bonds is 7. The quantitative estimate of drug-likeness (QED) is 0.557. The molecular formula is C29H40N6O5. The minimum atomic E-state index is -0.623. The molecule has 0 saturated carbocycles. The fraction of sp³-hybridized carbons (Fsp3) is 0.552. The van der Waals surface area contributed by atoms with Crippen LogP contribution in [0.3, 0.4) is 0 Å². The zero-order chi connectivity index (χ0) is 28.7. The summed E-state index contributed by atoms with van der Waals surface area (Å²) < 4.78 is 10.5. The molecule has 2 aliphatic heterocycles. The van der Waals surface area contributed by atoms with E-state index in [4.69, 9.17) is 9.47 Å². The van der Waals surface area contributed by atoms with Gasteiger partial charge in [-0.25, -0.2) is 14.8 Å². The molecule has 2 aromatic rings. The Balaban J connectivity index is 1.28. The van der Waals surface area contributed by atoms with Gasteiger partial charge in [0.2, 0.25) is 17.8 Å². The number of amides is 3. The van der Waals surface area contributed by atoms with Crippen molar-refractivity contribution in [3.05, 3.63) is 42.2 Å². The van der Waals surface area contributed by atoms with E-state index in [0.717, 1.165) is 42.6 Å². The van der Waals surface area contributed by atoms with Gasteiger partial charge in [-0.2, -0.15) is 0 Å². The monoisotopic (exact) mass is 552 g/mol. The van der Waals surface area contributed by atoms with Gasteiger partial charge in [0.25, 0.3) is 0 Å². The van der Waals surface area contributed by atoms with Gasteiger partial charge in [0, 0.05) is 63.6 Å². The summed E-state index contributed by atoms with van der Waals surface area (Å²) >= 11 is 0. The first-order valence-corrected chi connectivity index (χ1v) is 13.8. The predicted molar refractivity (Wildman–Crippen MR) is 151 cm³/mol. The van der Waals surface area contributed by atoms with Crippen molar-refractivity contribution in [1.29, 1.82) is 0 Å². The molecule has 1 N–H and O–H groups in total. The molecule has 4 rings (SSSR count). The van der Waals surface area contributed by atoms with Crippen molar-refractivity contribution in [2.75, 3.05) is 57.9 Å². The van der Waals surface area contributed by atoms with Gasteiger partial charge < -0.3 is 29.5 Å². The van der Waals surface area contributed by atoms with Crippen LogP contribution in [0.25, 0.3) is 11.1 Å². The summed E-state index contributed by atoms with van der Waals surface area (Å²) in [6.45, 7) is 9.66. The number of anilines is 1. The fourth-order valence-electron chi connectivity index (χ4n) is 4.81. The number of alkyl carbamates (subject to hydrolysis) is 1. The third-order valence-corrected chi connectivity index (χ3v) is 6.98. The van der Waals surface area contributed by atoms with Gasteiger partial charge in [-0.15, -0.1) is 0 Å². The van der Waals surface area contributed by atoms with Crippen LogP contribution in [0.1, 0.15) is 39.2 Å². The average Bonchev–Trinajstić information content (AvgIpc) is 2.95. The Morgan fingerprint density at radius 2 is 1.73 bits per heavy atom. The van der Waals surface area contributed by atoms with E-state index >= 15 is 0 Å². The minimum Gasteiger partial charge on any atom is -0.444 e. The highest BCUT2D eigenvalue weighted by molar-refractivity contribution is 5.82. The Bertz CT molecular complexity index is 1170. The number of ether oxygens (including phenoxy) is 2. The summed E-state index contributed by atoms with van der Waals surface area (Å²) in [7, 11) is 1.70. The van der Waals surface area contributed by atoms with Gasteiger partial charge in [-0.3, -0.25) is 9.59 Å². The SMILES string of the molecule is CN(Cc1cccc(-c2cnc(N3CCC(C(=O)N4CCOCC4)CC3)nc2)c1)C(=O)CNC(=O)OC(C)(C)C. The molecule has 0 aliphatic carbocycles. The molecule has 40 heavy (non-hydrogen) atoms. The number of carbonyl (C=O) groups is 3. The number of carbonyl (C=O) groups excluding carboxylic acids is 3. The molecule has 1 aromatic carbocycles. The molecule has 0 atom stereocenters. The average molecular weight is 553 g/mol. The van der Waals surface area contributed by atoms with Crippen molar-refractivity contribution < 1.29 is 23.9 Å². The summed E-state index contributed by atoms with van der Waals surface area (Å²) in [5.41, 5.74) is 2.15. The van der Waals surface area contributed by atoms with Gasteiger partial charge in [0.1, 0.15) is 12.1 Å². The molecule has 2 saturated heterocycles. The van der Waals surface area contributed by atoms with Crippen LogP contribution in [-0.4, -0.2) is 96.3 Å². The molecule has 0 spiro atoms. The lowest BCUT2D eigenvalue weighted by Crippen LogP contribution is -2.47. The highest BCUT2D eigenvalue weighted by atomic mass is 16.6. The van der Waals surface area contributed by atoms with Crippen LogP contribution in [0.4, 0.5) is 10.7 Å². The van der Waals surface area contributed by atoms with Gasteiger partial charge in [0.15, 0.2) is 0 Å². The molecule has 0 radical (unpaired) electrons. The lowest BCUT2D eigenvalue weighted by Gasteiger charge is -2.35. The Labute approximate surface area is 235 Å². The number of morpholine rings is 1. The summed E-state index contributed by atoms with van der Waals surface area (Å²) in [5, 5.41) is 2.50. The number of nitrogens with one attached hydrogen (secondary N) is 1. The summed E-state index contributed by atoms with van der Waals surface area (Å²) in [4.78, 5) is 52.0. The van der Waals surface area contributed by atoms with Crippen molar-refractivity contribution in [1.82, 2.24) is 25.1 Å². The van der Waals surface area contributed by atoms with Gasteiger partial charge in [-0.05, 0) is 50.8 Å². The molecule has 2 fully saturated rings. The van der Waals surface area contributed by atoms with Crippen LogP contribution in [0.15, 0.2) is 36.7 Å². The van der Waals surface area contributed by atoms with Crippen molar-refractivity contribution >= 4 is 23.9 Å². The molecular weight excluding hydrogens is 512 g/mol. The van der Waals surface area contributed by atoms with Gasteiger partial charge >= 0.3 is 6.09 Å². The number of aromatic nitrogens is 2. The molecule has 11 nitrogen and oxygen atoms in total. The van der Waals surface area contributed by atoms with E-state index in [1.165, 1.54) is 0 Å². The topological polar surface area (TPSA) is 117 Å². The second-order valence-electron chi connectivity index (χ2n) is 11.3. The molecule has 11 heteroatoms. The molecule has 0 unspecified atom stereocenters. The smallest absolute Gasteiger partial charge is 0.408 e. The molecule has 1 aromatic heterocycles. The normalized spacial score (nSPS) is 16.4. The number of likely N-dealkylation sites (N-methyl/N-ethyl adjacent to an activating group) is 1. The van der Waals surface area contributed by atoms with Crippen molar-refractivity contribution in [3.8, 4) is 11.1 Å². The zero-order valence-corrected chi connectivity index (χ0v) is 23.9. The molecule has 216 valence electrons. The maximum absolute atomic E-state index is 12.8. The summed E-state index contributed by atoms with van der Waals surface area (Å²) in [6.07, 6.45) is 4.59. The van der Waals surface area contributed by atoms with E-state index in [2.05, 4.69) is 20.2 Å². The Morgan fingerprint density at radius 3 is 2.38 bits per heavy atom. The summed E-state index contributed by atoms with van der Waals surface area (Å²) in [5.74, 6) is 0.736. The molecule has 2 aliphatic rings. The minimum absolute atomic E-state index is 0.0504. The first kappa shape index (κ1) is 29.3. The molecule has 0 bridgehead atoms. The highest BCUT2D eigenvalue weighted by Gasteiger charge is 2.30. The Morgan fingerprint density at radius 1 is 1.05 bits per heavy atom. The summed E-state index contributed by atoms with van der Waals surface area (Å²) in [6, 6.07) is 7.88. The van der Waals surface area contributed by atoms with E-state index in [-0.39, 0.29) is 24.3 Å². The highest BCUT2D eigenvalue weighted by Crippen LogP contribution is 2.25. The van der Waals surface area contributed by atoms with E-state index in [9.17, 15) is 14.4 Å². The van der Waals surface area contributed by atoms with Crippen LogP contribution < -0.4 is 10.2 Å². The van der Waals surface area contributed by atoms with E-state index in [1.807, 2.05) is 41.6 Å². The zero-order valence-electron chi connectivity index (χ0n) is 23.9. The van der Waals surface area contributed by atoms with Gasteiger partial charge in [-0.1, -0.05) is 18.2 Å². The van der Waals surface area contributed by atoms with Crippen molar-refractivity contribution in [3.63, 3.8) is 0 Å².